The standard InChI is InChI=1S/C15H19FN2O/c1-10(5-6-19)9-17-15-7-11(2)18-14-4-3-12(16)8-13(14)15/h3-4,7-8,10,19H,5-6,9H2,1-2H3,(H,17,18). The van der Waals surface area contributed by atoms with Gasteiger partial charge in [0.05, 0.1) is 5.52 Å². The number of rotatable bonds is 5. The average Bonchev–Trinajstić information content (AvgIpc) is 2.37. The summed E-state index contributed by atoms with van der Waals surface area (Å²) in [7, 11) is 0. The summed E-state index contributed by atoms with van der Waals surface area (Å²) in [6, 6.07) is 6.54. The van der Waals surface area contributed by atoms with Crippen molar-refractivity contribution in [3.05, 3.63) is 35.8 Å². The zero-order valence-corrected chi connectivity index (χ0v) is 11.3. The number of hydrogen-bond donors (Lipinski definition) is 2. The van der Waals surface area contributed by atoms with E-state index in [1.165, 1.54) is 12.1 Å². The number of benzene rings is 1. The molecule has 0 aliphatic heterocycles. The van der Waals surface area contributed by atoms with Crippen LogP contribution in [0.15, 0.2) is 24.3 Å². The second kappa shape index (κ2) is 5.97. The maximum atomic E-state index is 13.3. The van der Waals surface area contributed by atoms with E-state index < -0.39 is 0 Å². The van der Waals surface area contributed by atoms with Gasteiger partial charge in [0.2, 0.25) is 0 Å². The maximum absolute atomic E-state index is 13.3. The highest BCUT2D eigenvalue weighted by Crippen LogP contribution is 2.24. The highest BCUT2D eigenvalue weighted by atomic mass is 19.1. The van der Waals surface area contributed by atoms with Crippen molar-refractivity contribution < 1.29 is 9.50 Å². The number of hydrogen-bond acceptors (Lipinski definition) is 3. The zero-order valence-electron chi connectivity index (χ0n) is 11.3. The SMILES string of the molecule is Cc1cc(NCC(C)CCO)c2cc(F)ccc2n1. The molecule has 0 bridgehead atoms. The van der Waals surface area contributed by atoms with Crippen LogP contribution in [-0.4, -0.2) is 23.2 Å². The molecule has 0 amide bonds. The van der Waals surface area contributed by atoms with Crippen molar-refractivity contribution in [1.82, 2.24) is 4.98 Å². The monoisotopic (exact) mass is 262 g/mol. The smallest absolute Gasteiger partial charge is 0.124 e. The van der Waals surface area contributed by atoms with Crippen LogP contribution in [0.1, 0.15) is 19.0 Å². The Kier molecular flexibility index (Phi) is 4.32. The van der Waals surface area contributed by atoms with E-state index >= 15 is 0 Å². The molecule has 1 aromatic carbocycles. The predicted octanol–water partition coefficient (Wildman–Crippen LogP) is 3.11. The second-order valence-corrected chi connectivity index (χ2v) is 4.97. The third-order valence-corrected chi connectivity index (χ3v) is 3.16. The number of halogens is 1. The fraction of sp³-hybridized carbons (Fsp3) is 0.400. The third kappa shape index (κ3) is 3.41. The van der Waals surface area contributed by atoms with Crippen LogP contribution < -0.4 is 5.32 Å². The molecule has 1 heterocycles. The van der Waals surface area contributed by atoms with Crippen LogP contribution >= 0.6 is 0 Å². The first-order valence-electron chi connectivity index (χ1n) is 6.52. The van der Waals surface area contributed by atoms with E-state index in [9.17, 15) is 4.39 Å². The van der Waals surface area contributed by atoms with Gasteiger partial charge in [-0.15, -0.1) is 0 Å². The zero-order chi connectivity index (χ0) is 13.8. The Hall–Kier alpha value is -1.68. The van der Waals surface area contributed by atoms with Crippen LogP contribution in [-0.2, 0) is 0 Å². The summed E-state index contributed by atoms with van der Waals surface area (Å²) in [6.45, 7) is 4.92. The van der Waals surface area contributed by atoms with Crippen LogP contribution in [0.4, 0.5) is 10.1 Å². The van der Waals surface area contributed by atoms with Gasteiger partial charge in [0.15, 0.2) is 0 Å². The number of fused-ring (bicyclic) bond motifs is 1. The molecule has 0 fully saturated rings. The van der Waals surface area contributed by atoms with Crippen molar-refractivity contribution in [2.45, 2.75) is 20.3 Å². The van der Waals surface area contributed by atoms with Crippen molar-refractivity contribution in [1.29, 1.82) is 0 Å². The molecule has 19 heavy (non-hydrogen) atoms. The molecule has 0 saturated carbocycles. The molecule has 1 aromatic heterocycles. The average molecular weight is 262 g/mol. The highest BCUT2D eigenvalue weighted by Gasteiger charge is 2.07. The molecule has 0 radical (unpaired) electrons. The van der Waals surface area contributed by atoms with Crippen LogP contribution in [0.3, 0.4) is 0 Å². The Morgan fingerprint density at radius 3 is 2.89 bits per heavy atom. The topological polar surface area (TPSA) is 45.1 Å². The summed E-state index contributed by atoms with van der Waals surface area (Å²) in [4.78, 5) is 4.39. The Bertz CT molecular complexity index is 571. The summed E-state index contributed by atoms with van der Waals surface area (Å²) in [5.41, 5.74) is 2.59. The van der Waals surface area contributed by atoms with Crippen LogP contribution in [0.25, 0.3) is 10.9 Å². The number of aryl methyl sites for hydroxylation is 1. The number of aliphatic hydroxyl groups is 1. The van der Waals surface area contributed by atoms with Gasteiger partial charge in [0.25, 0.3) is 0 Å². The molecule has 0 aliphatic carbocycles. The fourth-order valence-corrected chi connectivity index (χ4v) is 2.08. The number of nitrogens with one attached hydrogen (secondary N) is 1. The Labute approximate surface area is 112 Å². The number of aromatic nitrogens is 1. The molecule has 0 aliphatic rings. The quantitative estimate of drug-likeness (QED) is 0.870. The molecule has 2 N–H and O–H groups in total. The van der Waals surface area contributed by atoms with Crippen LogP contribution in [0, 0.1) is 18.7 Å². The molecule has 0 saturated heterocycles. The summed E-state index contributed by atoms with van der Waals surface area (Å²) < 4.78 is 13.3. The number of anilines is 1. The second-order valence-electron chi connectivity index (χ2n) is 4.97. The molecule has 2 aromatic rings. The van der Waals surface area contributed by atoms with Crippen molar-refractivity contribution in [3.8, 4) is 0 Å². The summed E-state index contributed by atoms with van der Waals surface area (Å²) in [5.74, 6) is 0.103. The largest absolute Gasteiger partial charge is 0.396 e. The first-order chi connectivity index (χ1) is 9.10. The Balaban J connectivity index is 2.28. The molecule has 2 rings (SSSR count). The minimum absolute atomic E-state index is 0.188. The van der Waals surface area contributed by atoms with E-state index in [-0.39, 0.29) is 12.4 Å². The normalized spacial score (nSPS) is 12.6. The van der Waals surface area contributed by atoms with Gasteiger partial charge in [-0.05, 0) is 43.5 Å². The Morgan fingerprint density at radius 1 is 1.37 bits per heavy atom. The highest BCUT2D eigenvalue weighted by molar-refractivity contribution is 5.91. The third-order valence-electron chi connectivity index (χ3n) is 3.16. The maximum Gasteiger partial charge on any atom is 0.124 e. The van der Waals surface area contributed by atoms with Gasteiger partial charge in [0.1, 0.15) is 5.82 Å². The van der Waals surface area contributed by atoms with Gasteiger partial charge in [-0.3, -0.25) is 4.98 Å². The molecule has 1 unspecified atom stereocenters. The van der Waals surface area contributed by atoms with E-state index in [4.69, 9.17) is 5.11 Å². The molecular weight excluding hydrogens is 243 g/mol. The molecule has 3 nitrogen and oxygen atoms in total. The lowest BCUT2D eigenvalue weighted by atomic mass is 10.1. The Morgan fingerprint density at radius 2 is 2.16 bits per heavy atom. The van der Waals surface area contributed by atoms with Crippen molar-refractivity contribution in [2.75, 3.05) is 18.5 Å². The summed E-state index contributed by atoms with van der Waals surface area (Å²) in [6.07, 6.45) is 0.753. The van der Waals surface area contributed by atoms with Gasteiger partial charge >= 0.3 is 0 Å². The van der Waals surface area contributed by atoms with Gasteiger partial charge in [-0.1, -0.05) is 6.92 Å². The van der Waals surface area contributed by atoms with Gasteiger partial charge in [-0.25, -0.2) is 4.39 Å². The van der Waals surface area contributed by atoms with E-state index in [0.717, 1.165) is 35.2 Å². The molecule has 4 heteroatoms. The predicted molar refractivity (Wildman–Crippen MR) is 75.8 cm³/mol. The van der Waals surface area contributed by atoms with Crippen LogP contribution in [0.5, 0.6) is 0 Å². The number of pyridine rings is 1. The first kappa shape index (κ1) is 13.7. The summed E-state index contributed by atoms with van der Waals surface area (Å²) in [5, 5.41) is 13.0. The minimum Gasteiger partial charge on any atom is -0.396 e. The molecule has 1 atom stereocenters. The van der Waals surface area contributed by atoms with Gasteiger partial charge in [0, 0.05) is 29.9 Å². The van der Waals surface area contributed by atoms with E-state index in [1.54, 1.807) is 6.07 Å². The lowest BCUT2D eigenvalue weighted by Crippen LogP contribution is -2.13. The number of nitrogens with zero attached hydrogens (tertiary/aromatic N) is 1. The fourth-order valence-electron chi connectivity index (χ4n) is 2.08. The van der Waals surface area contributed by atoms with Gasteiger partial charge < -0.3 is 10.4 Å². The van der Waals surface area contributed by atoms with E-state index in [0.29, 0.717) is 5.92 Å². The van der Waals surface area contributed by atoms with Crippen LogP contribution in [0.2, 0.25) is 0 Å². The van der Waals surface area contributed by atoms with Crippen molar-refractivity contribution in [2.24, 2.45) is 5.92 Å². The van der Waals surface area contributed by atoms with Gasteiger partial charge in [-0.2, -0.15) is 0 Å². The van der Waals surface area contributed by atoms with E-state index in [1.807, 2.05) is 13.0 Å². The van der Waals surface area contributed by atoms with E-state index in [2.05, 4.69) is 17.2 Å². The summed E-state index contributed by atoms with van der Waals surface area (Å²) >= 11 is 0. The minimum atomic E-state index is -0.260. The lowest BCUT2D eigenvalue weighted by Gasteiger charge is -2.14. The molecule has 0 spiro atoms. The first-order valence-corrected chi connectivity index (χ1v) is 6.52. The van der Waals surface area contributed by atoms with Crippen molar-refractivity contribution >= 4 is 16.6 Å². The molecular formula is C15H19FN2O. The lowest BCUT2D eigenvalue weighted by molar-refractivity contribution is 0.266. The number of aliphatic hydroxyl groups excluding tert-OH is 1. The molecule has 102 valence electrons. The van der Waals surface area contributed by atoms with Crippen molar-refractivity contribution in [3.63, 3.8) is 0 Å².